The lowest BCUT2D eigenvalue weighted by atomic mass is 9.94. The number of pyridine rings is 1. The van der Waals surface area contributed by atoms with Crippen LogP contribution in [0.4, 0.5) is 4.79 Å². The van der Waals surface area contributed by atoms with Gasteiger partial charge >= 0.3 is 6.09 Å². The Labute approximate surface area is 147 Å². The van der Waals surface area contributed by atoms with Gasteiger partial charge in [0.25, 0.3) is 0 Å². The van der Waals surface area contributed by atoms with Gasteiger partial charge in [0.05, 0.1) is 11.2 Å². The van der Waals surface area contributed by atoms with Crippen LogP contribution in [-0.4, -0.2) is 11.1 Å². The number of ether oxygens (including phenoxy) is 1. The molecule has 1 amide bonds. The normalized spacial score (nSPS) is 11.0. The second-order valence-corrected chi connectivity index (χ2v) is 6.54. The number of nitrogens with zero attached hydrogens (tertiary/aromatic N) is 1. The first kappa shape index (κ1) is 18.0. The number of allylic oxidation sites excluding steroid dienone is 1. The Morgan fingerprint density at radius 3 is 2.58 bits per heavy atom. The molecule has 0 atom stereocenters. The number of carbonyl (C=O) groups excluding carboxylic acids is 1. The van der Waals surface area contributed by atoms with E-state index < -0.39 is 11.6 Å². The average Bonchev–Trinajstić information content (AvgIpc) is 2.53. The third-order valence-corrected chi connectivity index (χ3v) is 3.77. The smallest absolute Gasteiger partial charge is 0.408 e. The number of amides is 1. The van der Waals surface area contributed by atoms with Crippen LogP contribution in [0.15, 0.2) is 49.0 Å². The topological polar surface area (TPSA) is 51.2 Å². The molecule has 0 aliphatic carbocycles. The van der Waals surface area contributed by atoms with Crippen molar-refractivity contribution in [1.29, 1.82) is 0 Å². The molecule has 1 aromatic carbocycles. The van der Waals surface area contributed by atoms with Crippen molar-refractivity contribution in [3.8, 4) is 0 Å². The van der Waals surface area contributed by atoms with Crippen molar-refractivity contribution < 1.29 is 9.53 Å². The summed E-state index contributed by atoms with van der Waals surface area (Å²) in [5.74, 6) is 0. The molecule has 0 aliphatic heterocycles. The first-order valence-corrected chi connectivity index (χ1v) is 7.98. The average molecular weight is 345 g/mol. The fraction of sp³-hybridized carbons (Fsp3) is 0.263. The molecule has 24 heavy (non-hydrogen) atoms. The van der Waals surface area contributed by atoms with Crippen molar-refractivity contribution in [3.63, 3.8) is 0 Å². The maximum Gasteiger partial charge on any atom is 0.408 e. The fourth-order valence-electron chi connectivity index (χ4n) is 2.16. The minimum atomic E-state index is -0.662. The molecule has 0 saturated heterocycles. The van der Waals surface area contributed by atoms with Crippen LogP contribution < -0.4 is 5.32 Å². The zero-order valence-electron chi connectivity index (χ0n) is 14.1. The molecular weight excluding hydrogens is 324 g/mol. The summed E-state index contributed by atoms with van der Waals surface area (Å²) in [6, 6.07) is 13.1. The number of carbonyl (C=O) groups is 1. The van der Waals surface area contributed by atoms with Crippen LogP contribution >= 0.6 is 11.6 Å². The molecule has 0 saturated carbocycles. The van der Waals surface area contributed by atoms with E-state index >= 15 is 0 Å². The van der Waals surface area contributed by atoms with E-state index in [9.17, 15) is 4.79 Å². The fourth-order valence-corrected chi connectivity index (χ4v) is 2.37. The van der Waals surface area contributed by atoms with Gasteiger partial charge in [-0.25, -0.2) is 9.78 Å². The van der Waals surface area contributed by atoms with Crippen molar-refractivity contribution >= 4 is 23.3 Å². The Balaban J connectivity index is 2.07. The highest BCUT2D eigenvalue weighted by Gasteiger charge is 2.25. The maximum atomic E-state index is 12.1. The number of halogens is 1. The van der Waals surface area contributed by atoms with Crippen LogP contribution in [0.5, 0.6) is 0 Å². The van der Waals surface area contributed by atoms with Gasteiger partial charge in [-0.1, -0.05) is 48.5 Å². The second-order valence-electron chi connectivity index (χ2n) is 6.16. The van der Waals surface area contributed by atoms with E-state index in [4.69, 9.17) is 16.3 Å². The summed E-state index contributed by atoms with van der Waals surface area (Å²) < 4.78 is 5.28. The molecule has 0 unspecified atom stereocenters. The standard InChI is InChI=1S/C19H21ClN2O2/c1-13(2)16-10-15(11-17(20)21-16)19(3,4)22-18(23)24-12-14-8-6-5-7-9-14/h5-11H,1,12H2,2-4H3,(H,22,23). The lowest BCUT2D eigenvalue weighted by Crippen LogP contribution is -2.41. The molecule has 1 N–H and O–H groups in total. The molecule has 0 aliphatic rings. The van der Waals surface area contributed by atoms with Crippen LogP contribution in [0.2, 0.25) is 5.15 Å². The van der Waals surface area contributed by atoms with Crippen LogP contribution in [0.3, 0.4) is 0 Å². The van der Waals surface area contributed by atoms with Gasteiger partial charge in [0, 0.05) is 0 Å². The van der Waals surface area contributed by atoms with Crippen LogP contribution in [0, 0.1) is 0 Å². The van der Waals surface area contributed by atoms with Crippen molar-refractivity contribution in [2.45, 2.75) is 32.9 Å². The second kappa shape index (κ2) is 7.49. The monoisotopic (exact) mass is 344 g/mol. The lowest BCUT2D eigenvalue weighted by Gasteiger charge is -2.27. The van der Waals surface area contributed by atoms with Gasteiger partial charge < -0.3 is 10.1 Å². The van der Waals surface area contributed by atoms with Crippen molar-refractivity contribution in [3.05, 3.63) is 71.0 Å². The minimum absolute atomic E-state index is 0.219. The maximum absolute atomic E-state index is 12.1. The van der Waals surface area contributed by atoms with Crippen molar-refractivity contribution in [1.82, 2.24) is 10.3 Å². The zero-order chi connectivity index (χ0) is 17.7. The molecular formula is C19H21ClN2O2. The van der Waals surface area contributed by atoms with Gasteiger partial charge in [-0.2, -0.15) is 0 Å². The molecule has 5 heteroatoms. The summed E-state index contributed by atoms with van der Waals surface area (Å²) in [6.45, 7) is 9.72. The van der Waals surface area contributed by atoms with E-state index in [0.29, 0.717) is 10.8 Å². The number of benzene rings is 1. The summed E-state index contributed by atoms with van der Waals surface area (Å²) >= 11 is 6.08. The lowest BCUT2D eigenvalue weighted by molar-refractivity contribution is 0.129. The number of aromatic nitrogens is 1. The van der Waals surface area contributed by atoms with Gasteiger partial charge in [-0.3, -0.25) is 0 Å². The molecule has 1 heterocycles. The Kier molecular flexibility index (Phi) is 5.62. The summed E-state index contributed by atoms with van der Waals surface area (Å²) in [4.78, 5) is 16.3. The van der Waals surface area contributed by atoms with Crippen LogP contribution in [-0.2, 0) is 16.9 Å². The van der Waals surface area contributed by atoms with E-state index in [1.807, 2.05) is 57.2 Å². The third kappa shape index (κ3) is 4.83. The van der Waals surface area contributed by atoms with Gasteiger partial charge in [0.15, 0.2) is 0 Å². The van der Waals surface area contributed by atoms with Crippen molar-refractivity contribution in [2.24, 2.45) is 0 Å². The Hall–Kier alpha value is -2.33. The van der Waals surface area contributed by atoms with E-state index in [2.05, 4.69) is 16.9 Å². The van der Waals surface area contributed by atoms with E-state index in [0.717, 1.165) is 16.7 Å². The molecule has 2 aromatic rings. The van der Waals surface area contributed by atoms with Gasteiger partial charge in [0.2, 0.25) is 0 Å². The zero-order valence-corrected chi connectivity index (χ0v) is 14.9. The third-order valence-electron chi connectivity index (χ3n) is 3.58. The molecule has 0 bridgehead atoms. The van der Waals surface area contributed by atoms with Crippen LogP contribution in [0.1, 0.15) is 37.6 Å². The first-order valence-electron chi connectivity index (χ1n) is 7.61. The quantitative estimate of drug-likeness (QED) is 0.782. The van der Waals surface area contributed by atoms with Crippen molar-refractivity contribution in [2.75, 3.05) is 0 Å². The molecule has 0 spiro atoms. The first-order chi connectivity index (χ1) is 11.3. The highest BCUT2D eigenvalue weighted by molar-refractivity contribution is 6.29. The summed E-state index contributed by atoms with van der Waals surface area (Å²) in [5.41, 5.74) is 2.61. The Bertz CT molecular complexity index is 742. The largest absolute Gasteiger partial charge is 0.445 e. The van der Waals surface area contributed by atoms with Gasteiger partial charge in [0.1, 0.15) is 11.8 Å². The number of rotatable bonds is 5. The van der Waals surface area contributed by atoms with E-state index in [1.165, 1.54) is 0 Å². The predicted molar refractivity (Wildman–Crippen MR) is 96.7 cm³/mol. The predicted octanol–water partition coefficient (Wildman–Crippen LogP) is 4.93. The molecule has 2 rings (SSSR count). The molecule has 1 aromatic heterocycles. The van der Waals surface area contributed by atoms with Crippen LogP contribution in [0.25, 0.3) is 5.57 Å². The Morgan fingerprint density at radius 2 is 1.96 bits per heavy atom. The SMILES string of the molecule is C=C(C)c1cc(C(C)(C)NC(=O)OCc2ccccc2)cc(Cl)n1. The number of hydrogen-bond donors (Lipinski definition) is 1. The number of hydrogen-bond acceptors (Lipinski definition) is 3. The highest BCUT2D eigenvalue weighted by Crippen LogP contribution is 2.25. The molecule has 126 valence electrons. The Morgan fingerprint density at radius 1 is 1.29 bits per heavy atom. The van der Waals surface area contributed by atoms with E-state index in [-0.39, 0.29) is 6.61 Å². The summed E-state index contributed by atoms with van der Waals surface area (Å²) in [7, 11) is 0. The molecule has 0 fully saturated rings. The molecule has 0 radical (unpaired) electrons. The highest BCUT2D eigenvalue weighted by atomic mass is 35.5. The van der Waals surface area contributed by atoms with E-state index in [1.54, 1.807) is 6.07 Å². The summed E-state index contributed by atoms with van der Waals surface area (Å²) in [5, 5.41) is 3.22. The summed E-state index contributed by atoms with van der Waals surface area (Å²) in [6.07, 6.45) is -0.492. The molecule has 4 nitrogen and oxygen atoms in total. The van der Waals surface area contributed by atoms with Gasteiger partial charge in [-0.05, 0) is 49.6 Å². The number of nitrogens with one attached hydrogen (secondary N) is 1. The minimum Gasteiger partial charge on any atom is -0.445 e. The number of alkyl carbamates (subject to hydrolysis) is 1. The van der Waals surface area contributed by atoms with Gasteiger partial charge in [-0.15, -0.1) is 0 Å².